The molecule has 1 aromatic carbocycles. The second-order valence-electron chi connectivity index (χ2n) is 4.43. The van der Waals surface area contributed by atoms with Gasteiger partial charge >= 0.3 is 0 Å². The number of non-ortho nitro benzene ring substituents is 1. The summed E-state index contributed by atoms with van der Waals surface area (Å²) in [4.78, 5) is 21.9. The number of aromatic hydroxyl groups is 1. The van der Waals surface area contributed by atoms with E-state index in [1.165, 1.54) is 18.2 Å². The van der Waals surface area contributed by atoms with Gasteiger partial charge in [0.2, 0.25) is 5.91 Å². The molecular weight excluding hydrogens is 236 g/mol. The summed E-state index contributed by atoms with van der Waals surface area (Å²) in [6.07, 6.45) is 3.72. The molecule has 1 aliphatic carbocycles. The number of rotatable bonds is 3. The molecule has 6 heteroatoms. The Hall–Kier alpha value is -2.11. The van der Waals surface area contributed by atoms with E-state index >= 15 is 0 Å². The molecule has 0 heterocycles. The molecule has 0 aromatic heterocycles. The quantitative estimate of drug-likeness (QED) is 0.489. The average Bonchev–Trinajstić information content (AvgIpc) is 2.85. The number of nitro groups is 1. The SMILES string of the molecule is O=C(Nc1cc([N+](=O)[O-])ccc1O)C1CCCC1. The van der Waals surface area contributed by atoms with Crippen molar-refractivity contribution in [2.24, 2.45) is 5.92 Å². The van der Waals surface area contributed by atoms with Crippen LogP contribution in [0.3, 0.4) is 0 Å². The maximum Gasteiger partial charge on any atom is 0.271 e. The van der Waals surface area contributed by atoms with Crippen LogP contribution in [0.25, 0.3) is 0 Å². The van der Waals surface area contributed by atoms with Crippen molar-refractivity contribution in [3.8, 4) is 5.75 Å². The summed E-state index contributed by atoms with van der Waals surface area (Å²) in [5, 5.41) is 22.7. The fourth-order valence-corrected chi connectivity index (χ4v) is 2.16. The maximum absolute atomic E-state index is 11.9. The number of hydrogen-bond acceptors (Lipinski definition) is 4. The number of carbonyl (C=O) groups excluding carboxylic acids is 1. The van der Waals surface area contributed by atoms with Crippen LogP contribution in [-0.2, 0) is 4.79 Å². The fourth-order valence-electron chi connectivity index (χ4n) is 2.16. The van der Waals surface area contributed by atoms with Crippen molar-refractivity contribution in [3.63, 3.8) is 0 Å². The van der Waals surface area contributed by atoms with E-state index in [2.05, 4.69) is 5.32 Å². The van der Waals surface area contributed by atoms with Crippen molar-refractivity contribution in [1.29, 1.82) is 0 Å². The van der Waals surface area contributed by atoms with E-state index < -0.39 is 4.92 Å². The molecule has 1 fully saturated rings. The van der Waals surface area contributed by atoms with Gasteiger partial charge in [-0.25, -0.2) is 0 Å². The smallest absolute Gasteiger partial charge is 0.271 e. The molecule has 18 heavy (non-hydrogen) atoms. The molecule has 0 aliphatic heterocycles. The van der Waals surface area contributed by atoms with Crippen LogP contribution in [-0.4, -0.2) is 15.9 Å². The molecule has 1 amide bonds. The van der Waals surface area contributed by atoms with Crippen molar-refractivity contribution in [2.45, 2.75) is 25.7 Å². The van der Waals surface area contributed by atoms with Crippen LogP contribution in [0, 0.1) is 16.0 Å². The number of amides is 1. The zero-order valence-electron chi connectivity index (χ0n) is 9.76. The Morgan fingerprint density at radius 1 is 1.39 bits per heavy atom. The summed E-state index contributed by atoms with van der Waals surface area (Å²) in [6, 6.07) is 3.57. The molecule has 96 valence electrons. The largest absolute Gasteiger partial charge is 0.506 e. The predicted octanol–water partition coefficient (Wildman–Crippen LogP) is 2.43. The minimum Gasteiger partial charge on any atom is -0.506 e. The Balaban J connectivity index is 2.14. The van der Waals surface area contributed by atoms with E-state index in [9.17, 15) is 20.0 Å². The lowest BCUT2D eigenvalue weighted by Crippen LogP contribution is -2.20. The molecule has 1 aromatic rings. The van der Waals surface area contributed by atoms with Crippen LogP contribution >= 0.6 is 0 Å². The number of anilines is 1. The van der Waals surface area contributed by atoms with Crippen molar-refractivity contribution < 1.29 is 14.8 Å². The lowest BCUT2D eigenvalue weighted by Gasteiger charge is -2.11. The molecule has 1 aliphatic rings. The van der Waals surface area contributed by atoms with E-state index in [4.69, 9.17) is 0 Å². The minimum atomic E-state index is -0.565. The van der Waals surface area contributed by atoms with Gasteiger partial charge in [0.1, 0.15) is 5.75 Å². The summed E-state index contributed by atoms with van der Waals surface area (Å²) in [5.74, 6) is -0.390. The van der Waals surface area contributed by atoms with E-state index in [-0.39, 0.29) is 28.9 Å². The summed E-state index contributed by atoms with van der Waals surface area (Å²) in [6.45, 7) is 0. The molecule has 2 rings (SSSR count). The highest BCUT2D eigenvalue weighted by Gasteiger charge is 2.23. The van der Waals surface area contributed by atoms with Gasteiger partial charge in [-0.15, -0.1) is 0 Å². The minimum absolute atomic E-state index is 0.0522. The summed E-state index contributed by atoms with van der Waals surface area (Å²) >= 11 is 0. The molecule has 0 atom stereocenters. The molecule has 0 unspecified atom stereocenters. The topological polar surface area (TPSA) is 92.5 Å². The van der Waals surface area contributed by atoms with Crippen molar-refractivity contribution in [3.05, 3.63) is 28.3 Å². The first-order valence-electron chi connectivity index (χ1n) is 5.86. The highest BCUT2D eigenvalue weighted by Crippen LogP contribution is 2.30. The second-order valence-corrected chi connectivity index (χ2v) is 4.43. The van der Waals surface area contributed by atoms with Crippen LogP contribution in [0.5, 0.6) is 5.75 Å². The Bertz CT molecular complexity index is 481. The van der Waals surface area contributed by atoms with Gasteiger partial charge in [-0.3, -0.25) is 14.9 Å². The van der Waals surface area contributed by atoms with Gasteiger partial charge in [-0.1, -0.05) is 12.8 Å². The third-order valence-electron chi connectivity index (χ3n) is 3.17. The Kier molecular flexibility index (Phi) is 3.45. The van der Waals surface area contributed by atoms with Gasteiger partial charge in [-0.05, 0) is 18.9 Å². The van der Waals surface area contributed by atoms with Gasteiger partial charge in [0.05, 0.1) is 10.6 Å². The zero-order chi connectivity index (χ0) is 13.1. The van der Waals surface area contributed by atoms with Crippen molar-refractivity contribution in [1.82, 2.24) is 0 Å². The highest BCUT2D eigenvalue weighted by molar-refractivity contribution is 5.94. The standard InChI is InChI=1S/C12H14N2O4/c15-11-6-5-9(14(17)18)7-10(11)13-12(16)8-3-1-2-4-8/h5-8,15H,1-4H2,(H,13,16). The predicted molar refractivity (Wildman–Crippen MR) is 65.3 cm³/mol. The van der Waals surface area contributed by atoms with Crippen LogP contribution in [0.2, 0.25) is 0 Å². The third kappa shape index (κ3) is 2.58. The molecule has 0 spiro atoms. The number of phenolic OH excluding ortho intramolecular Hbond substituents is 1. The van der Waals surface area contributed by atoms with E-state index in [1.54, 1.807) is 0 Å². The highest BCUT2D eigenvalue weighted by atomic mass is 16.6. The summed E-state index contributed by atoms with van der Waals surface area (Å²) < 4.78 is 0. The van der Waals surface area contributed by atoms with Gasteiger partial charge in [0.25, 0.3) is 5.69 Å². The number of phenols is 1. The van der Waals surface area contributed by atoms with Gasteiger partial charge in [0, 0.05) is 18.1 Å². The van der Waals surface area contributed by atoms with Crippen LogP contribution in [0.4, 0.5) is 11.4 Å². The van der Waals surface area contributed by atoms with Gasteiger partial charge in [0.15, 0.2) is 0 Å². The number of carbonyl (C=O) groups is 1. The summed E-state index contributed by atoms with van der Waals surface area (Å²) in [5.41, 5.74) is -0.0596. The first-order chi connectivity index (χ1) is 8.58. The lowest BCUT2D eigenvalue weighted by atomic mass is 10.1. The monoisotopic (exact) mass is 250 g/mol. The van der Waals surface area contributed by atoms with Crippen LogP contribution < -0.4 is 5.32 Å². The zero-order valence-corrected chi connectivity index (χ0v) is 9.76. The molecule has 0 radical (unpaired) electrons. The Morgan fingerprint density at radius 2 is 2.06 bits per heavy atom. The fraction of sp³-hybridized carbons (Fsp3) is 0.417. The molecular formula is C12H14N2O4. The first-order valence-corrected chi connectivity index (χ1v) is 5.86. The van der Waals surface area contributed by atoms with Gasteiger partial charge < -0.3 is 10.4 Å². The van der Waals surface area contributed by atoms with Crippen molar-refractivity contribution >= 4 is 17.3 Å². The lowest BCUT2D eigenvalue weighted by molar-refractivity contribution is -0.384. The Morgan fingerprint density at radius 3 is 2.67 bits per heavy atom. The first kappa shape index (κ1) is 12.3. The van der Waals surface area contributed by atoms with Gasteiger partial charge in [-0.2, -0.15) is 0 Å². The number of nitro benzene ring substituents is 1. The van der Waals surface area contributed by atoms with Crippen LogP contribution in [0.1, 0.15) is 25.7 Å². The Labute approximate surface area is 104 Å². The number of hydrogen-bond donors (Lipinski definition) is 2. The number of nitrogens with one attached hydrogen (secondary N) is 1. The van der Waals surface area contributed by atoms with E-state index in [1.807, 2.05) is 0 Å². The maximum atomic E-state index is 11.9. The van der Waals surface area contributed by atoms with E-state index in [0.717, 1.165) is 25.7 Å². The molecule has 1 saturated carbocycles. The molecule has 0 bridgehead atoms. The third-order valence-corrected chi connectivity index (χ3v) is 3.17. The number of benzene rings is 1. The van der Waals surface area contributed by atoms with Crippen LogP contribution in [0.15, 0.2) is 18.2 Å². The number of nitrogens with zero attached hydrogens (tertiary/aromatic N) is 1. The molecule has 2 N–H and O–H groups in total. The molecule has 0 saturated heterocycles. The normalized spacial score (nSPS) is 15.6. The van der Waals surface area contributed by atoms with Crippen molar-refractivity contribution in [2.75, 3.05) is 5.32 Å². The molecule has 6 nitrogen and oxygen atoms in total. The van der Waals surface area contributed by atoms with E-state index in [0.29, 0.717) is 0 Å². The average molecular weight is 250 g/mol. The second kappa shape index (κ2) is 5.03. The summed E-state index contributed by atoms with van der Waals surface area (Å²) in [7, 11) is 0.